The maximum atomic E-state index is 12.7. The number of carbonyl (C=O) groups excluding carboxylic acids is 2. The average Bonchev–Trinajstić information content (AvgIpc) is 2.78. The van der Waals surface area contributed by atoms with Crippen LogP contribution in [0.5, 0.6) is 11.5 Å². The second-order valence-electron chi connectivity index (χ2n) is 13.0. The molecule has 0 aliphatic rings. The van der Waals surface area contributed by atoms with Gasteiger partial charge in [0.15, 0.2) is 11.6 Å². The van der Waals surface area contributed by atoms with Crippen molar-refractivity contribution in [1.82, 2.24) is 0 Å². The molecule has 38 heavy (non-hydrogen) atoms. The number of benzene rings is 2. The topological polar surface area (TPSA) is 52.6 Å². The fraction of sp³-hybridized carbons (Fsp3) is 0.625. The monoisotopic (exact) mass is 556 g/mol. The largest absolute Gasteiger partial charge is 0.542 e. The number of fused-ring (bicyclic) bond motifs is 1. The molecule has 212 valence electrons. The van der Waals surface area contributed by atoms with E-state index in [1.807, 2.05) is 24.3 Å². The van der Waals surface area contributed by atoms with Gasteiger partial charge in [-0.15, -0.1) is 0 Å². The smallest absolute Gasteiger partial charge is 0.258 e. The third-order valence-corrected chi connectivity index (χ3v) is 20.8. The zero-order chi connectivity index (χ0) is 29.3. The predicted octanol–water partition coefficient (Wildman–Crippen LogP) is 10.4. The van der Waals surface area contributed by atoms with E-state index < -0.39 is 16.6 Å². The van der Waals surface area contributed by atoms with Crippen molar-refractivity contribution in [3.05, 3.63) is 35.4 Å². The average molecular weight is 557 g/mol. The van der Waals surface area contributed by atoms with Gasteiger partial charge in [0.2, 0.25) is 0 Å². The molecule has 0 bridgehead atoms. The Kier molecular flexibility index (Phi) is 10.3. The van der Waals surface area contributed by atoms with Gasteiger partial charge in [-0.25, -0.2) is 0 Å². The Morgan fingerprint density at radius 3 is 1.00 bits per heavy atom. The van der Waals surface area contributed by atoms with Crippen LogP contribution in [0, 0.1) is 0 Å². The summed E-state index contributed by atoms with van der Waals surface area (Å²) < 4.78 is 14.5. The first kappa shape index (κ1) is 32.3. The van der Waals surface area contributed by atoms with Crippen LogP contribution < -0.4 is 8.85 Å². The van der Waals surface area contributed by atoms with Gasteiger partial charge in [0.1, 0.15) is 11.5 Å². The summed E-state index contributed by atoms with van der Waals surface area (Å²) in [5, 5.41) is 1.71. The molecule has 0 saturated heterocycles. The van der Waals surface area contributed by atoms with Gasteiger partial charge in [-0.2, -0.15) is 0 Å². The van der Waals surface area contributed by atoms with Crippen LogP contribution in [0.15, 0.2) is 24.3 Å². The Balaban J connectivity index is 3.09. The van der Waals surface area contributed by atoms with Gasteiger partial charge in [-0.1, -0.05) is 83.1 Å². The molecule has 0 unspecified atom stereocenters. The molecular formula is C32H52O4Si2. The molecule has 4 nitrogen and oxygen atoms in total. The molecule has 0 saturated carbocycles. The molecule has 0 spiro atoms. The molecule has 0 radical (unpaired) electrons. The van der Waals surface area contributed by atoms with E-state index in [-0.39, 0.29) is 11.6 Å². The minimum absolute atomic E-state index is 0.0198. The first-order chi connectivity index (χ1) is 17.4. The number of Topliss-reactive ketones (excluding diaryl/α,β-unsaturated/α-hetero) is 2. The molecule has 0 atom stereocenters. The number of hydrogen-bond donors (Lipinski definition) is 0. The summed E-state index contributed by atoms with van der Waals surface area (Å²) in [4.78, 5) is 25.3. The van der Waals surface area contributed by atoms with Gasteiger partial charge in [0.05, 0.1) is 5.39 Å². The van der Waals surface area contributed by atoms with E-state index in [0.29, 0.717) is 44.4 Å². The molecule has 0 heterocycles. The number of ketones is 2. The van der Waals surface area contributed by atoms with E-state index in [9.17, 15) is 9.59 Å². The molecule has 0 N–H and O–H groups in total. The van der Waals surface area contributed by atoms with Crippen molar-refractivity contribution in [2.24, 2.45) is 0 Å². The van der Waals surface area contributed by atoms with Crippen LogP contribution in [0.25, 0.3) is 10.8 Å². The van der Waals surface area contributed by atoms with Crippen molar-refractivity contribution < 1.29 is 18.4 Å². The standard InChI is InChI=1S/C32H52O4Si2/c1-19(2)37(20(3)4,21(5)6)35-30-17-27(25(13)33)15-29-16-28(26(14)34)18-31(32(29)30)36-38(22(7)8,23(9)10)24(11)12/h15-24H,1-14H3. The zero-order valence-corrected chi connectivity index (χ0v) is 28.4. The van der Waals surface area contributed by atoms with E-state index in [2.05, 4.69) is 83.1 Å². The van der Waals surface area contributed by atoms with Crippen molar-refractivity contribution >= 4 is 39.0 Å². The van der Waals surface area contributed by atoms with Crippen LogP contribution in [0.2, 0.25) is 33.2 Å². The van der Waals surface area contributed by atoms with Gasteiger partial charge < -0.3 is 8.85 Å². The quantitative estimate of drug-likeness (QED) is 0.193. The molecule has 0 aliphatic heterocycles. The molecule has 0 amide bonds. The molecule has 2 rings (SSSR count). The van der Waals surface area contributed by atoms with E-state index in [4.69, 9.17) is 8.85 Å². The predicted molar refractivity (Wildman–Crippen MR) is 167 cm³/mol. The minimum Gasteiger partial charge on any atom is -0.542 e. The third kappa shape index (κ3) is 5.81. The summed E-state index contributed by atoms with van der Waals surface area (Å²) in [6.45, 7) is 30.4. The lowest BCUT2D eigenvalue weighted by molar-refractivity contribution is 0.101. The first-order valence-corrected chi connectivity index (χ1v) is 18.7. The van der Waals surface area contributed by atoms with Crippen LogP contribution in [0.3, 0.4) is 0 Å². The molecule has 6 heteroatoms. The highest BCUT2D eigenvalue weighted by Gasteiger charge is 2.49. The van der Waals surface area contributed by atoms with Crippen LogP contribution in [-0.4, -0.2) is 28.2 Å². The Morgan fingerprint density at radius 1 is 0.526 bits per heavy atom. The summed E-state index contributed by atoms with van der Waals surface area (Å²) in [5.41, 5.74) is 3.41. The van der Waals surface area contributed by atoms with Crippen molar-refractivity contribution in [3.8, 4) is 11.5 Å². The van der Waals surface area contributed by atoms with Gasteiger partial charge in [0, 0.05) is 11.1 Å². The lowest BCUT2D eigenvalue weighted by Gasteiger charge is -2.44. The van der Waals surface area contributed by atoms with E-state index in [1.54, 1.807) is 13.8 Å². The fourth-order valence-electron chi connectivity index (χ4n) is 7.09. The molecule has 0 aliphatic carbocycles. The summed E-state index contributed by atoms with van der Waals surface area (Å²) in [6, 6.07) is 7.64. The molecule has 2 aromatic rings. The first-order valence-electron chi connectivity index (χ1n) is 14.4. The summed E-state index contributed by atoms with van der Waals surface area (Å²) in [7, 11) is -4.70. The summed E-state index contributed by atoms with van der Waals surface area (Å²) >= 11 is 0. The summed E-state index contributed by atoms with van der Waals surface area (Å²) in [5.74, 6) is 1.40. The van der Waals surface area contributed by atoms with Crippen molar-refractivity contribution in [3.63, 3.8) is 0 Å². The highest BCUT2D eigenvalue weighted by atomic mass is 28.4. The SMILES string of the molecule is CC(=O)c1cc(O[Si](C(C)C)(C(C)C)C(C)C)c2c(O[Si](C(C)C)(C(C)C)C(C)C)cc(C(C)=O)cc2c1. The van der Waals surface area contributed by atoms with E-state index >= 15 is 0 Å². The third-order valence-electron chi connectivity index (χ3n) is 8.78. The maximum absolute atomic E-state index is 12.7. The molecule has 0 fully saturated rings. The second-order valence-corrected chi connectivity index (χ2v) is 23.7. The molecule has 0 aromatic heterocycles. The van der Waals surface area contributed by atoms with Gasteiger partial charge >= 0.3 is 0 Å². The zero-order valence-electron chi connectivity index (χ0n) is 26.4. The lowest BCUT2D eigenvalue weighted by Crippen LogP contribution is -2.51. The Morgan fingerprint density at radius 2 is 0.789 bits per heavy atom. The van der Waals surface area contributed by atoms with Crippen LogP contribution in [0.4, 0.5) is 0 Å². The van der Waals surface area contributed by atoms with Gasteiger partial charge in [-0.05, 0) is 76.7 Å². The normalized spacial score (nSPS) is 13.1. The summed E-state index contributed by atoms with van der Waals surface area (Å²) in [6.07, 6.45) is 0. The van der Waals surface area contributed by atoms with E-state index in [1.165, 1.54) is 0 Å². The van der Waals surface area contributed by atoms with Crippen molar-refractivity contribution in [1.29, 1.82) is 0 Å². The Bertz CT molecular complexity index is 1030. The number of carbonyl (C=O) groups is 2. The number of hydrogen-bond acceptors (Lipinski definition) is 4. The second kappa shape index (κ2) is 12.1. The van der Waals surface area contributed by atoms with Crippen LogP contribution >= 0.6 is 0 Å². The molecule has 2 aromatic carbocycles. The highest BCUT2D eigenvalue weighted by molar-refractivity contribution is 6.79. The molecular weight excluding hydrogens is 505 g/mol. The Labute approximate surface area is 234 Å². The fourth-order valence-corrected chi connectivity index (χ4v) is 17.6. The van der Waals surface area contributed by atoms with E-state index in [0.717, 1.165) is 22.3 Å². The van der Waals surface area contributed by atoms with Crippen molar-refractivity contribution in [2.45, 2.75) is 130 Å². The highest BCUT2D eigenvalue weighted by Crippen LogP contribution is 2.49. The van der Waals surface area contributed by atoms with Crippen LogP contribution in [0.1, 0.15) is 118 Å². The van der Waals surface area contributed by atoms with Crippen LogP contribution in [-0.2, 0) is 0 Å². The van der Waals surface area contributed by atoms with Crippen molar-refractivity contribution in [2.75, 3.05) is 0 Å². The van der Waals surface area contributed by atoms with Gasteiger partial charge in [0.25, 0.3) is 16.6 Å². The Hall–Kier alpha value is -1.93. The van der Waals surface area contributed by atoms with Gasteiger partial charge in [-0.3, -0.25) is 9.59 Å². The number of rotatable bonds is 12. The lowest BCUT2D eigenvalue weighted by atomic mass is 9.99. The minimum atomic E-state index is -2.35. The maximum Gasteiger partial charge on any atom is 0.258 e.